The molecule has 1 aromatic carbocycles. The number of ether oxygens (including phenoxy) is 1. The molecule has 0 bridgehead atoms. The van der Waals surface area contributed by atoms with Crippen LogP contribution in [0.2, 0.25) is 0 Å². The van der Waals surface area contributed by atoms with Crippen LogP contribution in [0.15, 0.2) is 35.7 Å². The Kier molecular flexibility index (Phi) is 2.92. The van der Waals surface area contributed by atoms with E-state index in [1.54, 1.807) is 18.2 Å². The third-order valence-electron chi connectivity index (χ3n) is 2.19. The summed E-state index contributed by atoms with van der Waals surface area (Å²) in [6, 6.07) is 8.14. The number of thiophene rings is 1. The number of hydrogen-bond donors (Lipinski definition) is 1. The van der Waals surface area contributed by atoms with Gasteiger partial charge in [-0.1, -0.05) is 6.07 Å². The first-order chi connectivity index (χ1) is 7.72. The fourth-order valence-electron chi connectivity index (χ4n) is 1.36. The molecule has 0 unspecified atom stereocenters. The third-order valence-corrected chi connectivity index (χ3v) is 3.06. The van der Waals surface area contributed by atoms with Crippen LogP contribution in [0, 0.1) is 0 Å². The van der Waals surface area contributed by atoms with Crippen LogP contribution >= 0.6 is 11.3 Å². The molecular formula is C12H10O3S. The normalized spacial score (nSPS) is 10.1. The number of phenols is 1. The number of rotatable bonds is 3. The number of methoxy groups -OCH3 is 1. The summed E-state index contributed by atoms with van der Waals surface area (Å²) in [4.78, 5) is 12.6. The second kappa shape index (κ2) is 4.37. The van der Waals surface area contributed by atoms with Crippen LogP contribution in [0.5, 0.6) is 11.5 Å². The Morgan fingerprint density at radius 3 is 2.81 bits per heavy atom. The van der Waals surface area contributed by atoms with Crippen molar-refractivity contribution in [3.05, 3.63) is 46.2 Å². The van der Waals surface area contributed by atoms with Crippen molar-refractivity contribution in [1.82, 2.24) is 0 Å². The predicted molar refractivity (Wildman–Crippen MR) is 62.4 cm³/mol. The number of hydrogen-bond acceptors (Lipinski definition) is 4. The predicted octanol–water partition coefficient (Wildman–Crippen LogP) is 2.69. The SMILES string of the molecule is COc1ccc(O)c(C(=O)c2cccs2)c1. The molecule has 0 saturated carbocycles. The number of aromatic hydroxyl groups is 1. The molecule has 0 radical (unpaired) electrons. The lowest BCUT2D eigenvalue weighted by atomic mass is 10.1. The minimum Gasteiger partial charge on any atom is -0.507 e. The van der Waals surface area contributed by atoms with Crippen LogP contribution < -0.4 is 4.74 Å². The Balaban J connectivity index is 2.43. The first-order valence-electron chi connectivity index (χ1n) is 4.67. The van der Waals surface area contributed by atoms with E-state index in [9.17, 15) is 9.90 Å². The summed E-state index contributed by atoms with van der Waals surface area (Å²) in [5, 5.41) is 11.5. The van der Waals surface area contributed by atoms with Gasteiger partial charge in [-0.3, -0.25) is 4.79 Å². The van der Waals surface area contributed by atoms with Crippen molar-refractivity contribution in [2.24, 2.45) is 0 Å². The van der Waals surface area contributed by atoms with Gasteiger partial charge in [0, 0.05) is 0 Å². The van der Waals surface area contributed by atoms with E-state index < -0.39 is 0 Å². The quantitative estimate of drug-likeness (QED) is 0.830. The fraction of sp³-hybridized carbons (Fsp3) is 0.0833. The molecular weight excluding hydrogens is 224 g/mol. The molecule has 2 aromatic rings. The van der Waals surface area contributed by atoms with Gasteiger partial charge in [0.1, 0.15) is 11.5 Å². The summed E-state index contributed by atoms with van der Waals surface area (Å²) in [6.07, 6.45) is 0. The highest BCUT2D eigenvalue weighted by atomic mass is 32.1. The van der Waals surface area contributed by atoms with Crippen molar-refractivity contribution in [3.8, 4) is 11.5 Å². The standard InChI is InChI=1S/C12H10O3S/c1-15-8-4-5-10(13)9(7-8)12(14)11-3-2-6-16-11/h2-7,13H,1H3. The summed E-state index contributed by atoms with van der Waals surface area (Å²) >= 11 is 1.35. The van der Waals surface area contributed by atoms with Gasteiger partial charge < -0.3 is 9.84 Å². The van der Waals surface area contributed by atoms with Gasteiger partial charge in [-0.2, -0.15) is 0 Å². The van der Waals surface area contributed by atoms with Gasteiger partial charge in [0.2, 0.25) is 5.78 Å². The molecule has 0 aliphatic heterocycles. The van der Waals surface area contributed by atoms with E-state index >= 15 is 0 Å². The van der Waals surface area contributed by atoms with Gasteiger partial charge in [0.15, 0.2) is 0 Å². The zero-order valence-corrected chi connectivity index (χ0v) is 9.45. The van der Waals surface area contributed by atoms with Crippen LogP contribution in [0.4, 0.5) is 0 Å². The Hall–Kier alpha value is -1.81. The molecule has 3 nitrogen and oxygen atoms in total. The van der Waals surface area contributed by atoms with Crippen molar-refractivity contribution in [2.45, 2.75) is 0 Å². The van der Waals surface area contributed by atoms with Crippen LogP contribution in [0.25, 0.3) is 0 Å². The zero-order valence-electron chi connectivity index (χ0n) is 8.64. The molecule has 0 spiro atoms. The number of ketones is 1. The lowest BCUT2D eigenvalue weighted by molar-refractivity contribution is 0.103. The van der Waals surface area contributed by atoms with E-state index in [2.05, 4.69) is 0 Å². The molecule has 2 rings (SSSR count). The first kappa shape index (κ1) is 10.7. The third kappa shape index (κ3) is 1.92. The summed E-state index contributed by atoms with van der Waals surface area (Å²) in [6.45, 7) is 0. The van der Waals surface area contributed by atoms with Gasteiger partial charge in [-0.25, -0.2) is 0 Å². The second-order valence-corrected chi connectivity index (χ2v) is 4.14. The van der Waals surface area contributed by atoms with Gasteiger partial charge in [0.25, 0.3) is 0 Å². The molecule has 0 fully saturated rings. The average molecular weight is 234 g/mol. The lowest BCUT2D eigenvalue weighted by Crippen LogP contribution is -1.99. The maximum absolute atomic E-state index is 12.0. The highest BCUT2D eigenvalue weighted by Gasteiger charge is 2.15. The summed E-state index contributed by atoms with van der Waals surface area (Å²) < 4.78 is 5.02. The Bertz CT molecular complexity index is 503. The molecule has 0 amide bonds. The fourth-order valence-corrected chi connectivity index (χ4v) is 2.04. The Morgan fingerprint density at radius 2 is 2.19 bits per heavy atom. The minimum atomic E-state index is -0.189. The topological polar surface area (TPSA) is 46.5 Å². The van der Waals surface area contributed by atoms with Crippen LogP contribution in [0.3, 0.4) is 0 Å². The molecule has 0 aliphatic rings. The molecule has 1 N–H and O–H groups in total. The number of carbonyl (C=O) groups is 1. The molecule has 1 heterocycles. The molecule has 0 atom stereocenters. The van der Waals surface area contributed by atoms with Crippen molar-refractivity contribution in [1.29, 1.82) is 0 Å². The minimum absolute atomic E-state index is 0.0285. The monoisotopic (exact) mass is 234 g/mol. The number of phenolic OH excluding ortho intramolecular Hbond substituents is 1. The maximum atomic E-state index is 12.0. The van der Waals surface area contributed by atoms with E-state index in [0.29, 0.717) is 10.6 Å². The molecule has 16 heavy (non-hydrogen) atoms. The maximum Gasteiger partial charge on any atom is 0.206 e. The molecule has 0 aliphatic carbocycles. The van der Waals surface area contributed by atoms with E-state index in [1.165, 1.54) is 30.6 Å². The molecule has 1 aromatic heterocycles. The highest BCUT2D eigenvalue weighted by molar-refractivity contribution is 7.12. The Morgan fingerprint density at radius 1 is 1.38 bits per heavy atom. The van der Waals surface area contributed by atoms with Crippen molar-refractivity contribution in [2.75, 3.05) is 7.11 Å². The number of benzene rings is 1. The highest BCUT2D eigenvalue weighted by Crippen LogP contribution is 2.26. The van der Waals surface area contributed by atoms with E-state index in [-0.39, 0.29) is 17.1 Å². The van der Waals surface area contributed by atoms with Gasteiger partial charge >= 0.3 is 0 Å². The van der Waals surface area contributed by atoms with Crippen molar-refractivity contribution >= 4 is 17.1 Å². The van der Waals surface area contributed by atoms with Crippen LogP contribution in [-0.4, -0.2) is 18.0 Å². The van der Waals surface area contributed by atoms with Crippen LogP contribution in [-0.2, 0) is 0 Å². The first-order valence-corrected chi connectivity index (χ1v) is 5.55. The largest absolute Gasteiger partial charge is 0.507 e. The van der Waals surface area contributed by atoms with Gasteiger partial charge in [-0.05, 0) is 29.6 Å². The van der Waals surface area contributed by atoms with Gasteiger partial charge in [0.05, 0.1) is 17.6 Å². The number of carbonyl (C=O) groups excluding carboxylic acids is 1. The average Bonchev–Trinajstić information content (AvgIpc) is 2.82. The summed E-state index contributed by atoms with van der Waals surface area (Å²) in [7, 11) is 1.52. The summed E-state index contributed by atoms with van der Waals surface area (Å²) in [5.74, 6) is 0.336. The molecule has 82 valence electrons. The Labute approximate surface area is 96.9 Å². The lowest BCUT2D eigenvalue weighted by Gasteiger charge is -2.05. The zero-order chi connectivity index (χ0) is 11.5. The van der Waals surface area contributed by atoms with E-state index in [0.717, 1.165) is 0 Å². The van der Waals surface area contributed by atoms with E-state index in [4.69, 9.17) is 4.74 Å². The summed E-state index contributed by atoms with van der Waals surface area (Å²) in [5.41, 5.74) is 0.266. The van der Waals surface area contributed by atoms with Crippen LogP contribution in [0.1, 0.15) is 15.2 Å². The van der Waals surface area contributed by atoms with E-state index in [1.807, 2.05) is 5.38 Å². The smallest absolute Gasteiger partial charge is 0.206 e. The van der Waals surface area contributed by atoms with Crippen molar-refractivity contribution < 1.29 is 14.6 Å². The van der Waals surface area contributed by atoms with Crippen molar-refractivity contribution in [3.63, 3.8) is 0 Å². The molecule has 4 heteroatoms. The van der Waals surface area contributed by atoms with Gasteiger partial charge in [-0.15, -0.1) is 11.3 Å². The molecule has 0 saturated heterocycles. The second-order valence-electron chi connectivity index (χ2n) is 3.19.